The van der Waals surface area contributed by atoms with Crippen molar-refractivity contribution in [3.8, 4) is 0 Å². The molecule has 0 heterocycles. The molecule has 0 bridgehead atoms. The predicted molar refractivity (Wildman–Crippen MR) is 75.8 cm³/mol. The number of halogens is 2. The van der Waals surface area contributed by atoms with E-state index >= 15 is 0 Å². The number of benzene rings is 2. The van der Waals surface area contributed by atoms with Crippen LogP contribution in [0.25, 0.3) is 0 Å². The van der Waals surface area contributed by atoms with Gasteiger partial charge in [0.25, 0.3) is 0 Å². The van der Waals surface area contributed by atoms with Crippen molar-refractivity contribution in [1.82, 2.24) is 0 Å². The Balaban J connectivity index is 2.37. The highest BCUT2D eigenvalue weighted by Gasteiger charge is 2.19. The van der Waals surface area contributed by atoms with E-state index in [0.717, 1.165) is 6.07 Å². The monoisotopic (exact) mass is 343 g/mol. The fraction of sp³-hybridized carbons (Fsp3) is 0.0769. The second-order valence-electron chi connectivity index (χ2n) is 4.05. The average Bonchev–Trinajstić information content (AvgIpc) is 2.34. The molecule has 0 spiro atoms. The molecule has 0 aromatic heterocycles. The molecule has 100 valence electrons. The van der Waals surface area contributed by atoms with E-state index in [9.17, 15) is 12.8 Å². The van der Waals surface area contributed by atoms with Crippen molar-refractivity contribution < 1.29 is 12.8 Å². The van der Waals surface area contributed by atoms with E-state index < -0.39 is 15.7 Å². The Morgan fingerprint density at radius 3 is 2.47 bits per heavy atom. The molecule has 0 aliphatic rings. The quantitative estimate of drug-likeness (QED) is 0.871. The van der Waals surface area contributed by atoms with Crippen LogP contribution < -0.4 is 5.73 Å². The molecule has 0 saturated heterocycles. The Morgan fingerprint density at radius 2 is 1.84 bits per heavy atom. The molecule has 0 aliphatic heterocycles. The van der Waals surface area contributed by atoms with Crippen LogP contribution in [0.3, 0.4) is 0 Å². The maximum absolute atomic E-state index is 13.5. The molecular weight excluding hydrogens is 333 g/mol. The van der Waals surface area contributed by atoms with Crippen molar-refractivity contribution in [3.05, 3.63) is 58.3 Å². The van der Waals surface area contributed by atoms with Gasteiger partial charge in [-0.15, -0.1) is 0 Å². The molecule has 0 unspecified atom stereocenters. The summed E-state index contributed by atoms with van der Waals surface area (Å²) in [6, 6.07) is 10.2. The smallest absolute Gasteiger partial charge is 0.185 e. The molecule has 2 rings (SSSR count). The molecule has 0 radical (unpaired) electrons. The van der Waals surface area contributed by atoms with E-state index in [1.54, 1.807) is 18.2 Å². The maximum Gasteiger partial charge on any atom is 0.185 e. The Bertz CT molecular complexity index is 716. The van der Waals surface area contributed by atoms with Crippen LogP contribution in [-0.4, -0.2) is 8.42 Å². The van der Waals surface area contributed by atoms with Crippen molar-refractivity contribution in [3.63, 3.8) is 0 Å². The zero-order valence-corrected chi connectivity index (χ0v) is 12.2. The van der Waals surface area contributed by atoms with Crippen LogP contribution in [-0.2, 0) is 15.6 Å². The van der Waals surface area contributed by atoms with Gasteiger partial charge < -0.3 is 5.73 Å². The van der Waals surface area contributed by atoms with E-state index in [-0.39, 0.29) is 10.6 Å². The zero-order chi connectivity index (χ0) is 14.0. The van der Waals surface area contributed by atoms with E-state index in [0.29, 0.717) is 15.7 Å². The highest BCUT2D eigenvalue weighted by atomic mass is 79.9. The number of sulfone groups is 1. The maximum atomic E-state index is 13.5. The number of anilines is 1. The van der Waals surface area contributed by atoms with Crippen molar-refractivity contribution in [2.24, 2.45) is 0 Å². The predicted octanol–water partition coefficient (Wildman–Crippen LogP) is 3.14. The van der Waals surface area contributed by atoms with Crippen molar-refractivity contribution in [2.45, 2.75) is 10.6 Å². The lowest BCUT2D eigenvalue weighted by Gasteiger charge is -2.07. The molecule has 19 heavy (non-hydrogen) atoms. The van der Waals surface area contributed by atoms with Gasteiger partial charge in [-0.1, -0.05) is 18.2 Å². The van der Waals surface area contributed by atoms with Gasteiger partial charge in [-0.3, -0.25) is 0 Å². The zero-order valence-electron chi connectivity index (χ0n) is 9.81. The van der Waals surface area contributed by atoms with Crippen LogP contribution in [0, 0.1) is 5.82 Å². The van der Waals surface area contributed by atoms with E-state index in [2.05, 4.69) is 15.9 Å². The van der Waals surface area contributed by atoms with Gasteiger partial charge >= 0.3 is 0 Å². The van der Waals surface area contributed by atoms with Crippen LogP contribution in [0.5, 0.6) is 0 Å². The lowest BCUT2D eigenvalue weighted by atomic mass is 10.2. The van der Waals surface area contributed by atoms with E-state index in [1.807, 2.05) is 0 Å². The topological polar surface area (TPSA) is 60.2 Å². The molecule has 0 aliphatic carbocycles. The summed E-state index contributed by atoms with van der Waals surface area (Å²) in [4.78, 5) is -0.295. The van der Waals surface area contributed by atoms with Gasteiger partial charge in [0.2, 0.25) is 0 Å². The number of rotatable bonds is 3. The second-order valence-corrected chi connectivity index (χ2v) is 6.86. The third kappa shape index (κ3) is 3.13. The third-order valence-corrected chi connectivity index (χ3v) is 5.03. The Kier molecular flexibility index (Phi) is 3.91. The minimum absolute atomic E-state index is 0.286. The van der Waals surface area contributed by atoms with E-state index in [4.69, 9.17) is 5.73 Å². The molecule has 0 fully saturated rings. The SMILES string of the molecule is Nc1cc(CS(=O)(=O)c2ccccc2F)ccc1Br. The normalized spacial score (nSPS) is 11.5. The molecule has 0 amide bonds. The van der Waals surface area contributed by atoms with Crippen LogP contribution >= 0.6 is 15.9 Å². The van der Waals surface area contributed by atoms with Gasteiger partial charge in [0, 0.05) is 10.2 Å². The summed E-state index contributed by atoms with van der Waals surface area (Å²) >= 11 is 3.23. The summed E-state index contributed by atoms with van der Waals surface area (Å²) < 4.78 is 38.5. The van der Waals surface area contributed by atoms with Gasteiger partial charge in [-0.2, -0.15) is 0 Å². The molecule has 6 heteroatoms. The summed E-state index contributed by atoms with van der Waals surface area (Å²) in [5.41, 5.74) is 6.66. The lowest BCUT2D eigenvalue weighted by Crippen LogP contribution is -2.07. The first-order chi connectivity index (χ1) is 8.90. The largest absolute Gasteiger partial charge is 0.398 e. The molecule has 2 aromatic rings. The fourth-order valence-corrected chi connectivity index (χ4v) is 3.35. The summed E-state index contributed by atoms with van der Waals surface area (Å²) in [6.45, 7) is 0. The van der Waals surface area contributed by atoms with Crippen molar-refractivity contribution in [1.29, 1.82) is 0 Å². The fourth-order valence-electron chi connectivity index (χ4n) is 1.68. The number of hydrogen-bond donors (Lipinski definition) is 1. The Labute approximate surface area is 119 Å². The Morgan fingerprint density at radius 1 is 1.16 bits per heavy atom. The highest BCUT2D eigenvalue weighted by molar-refractivity contribution is 9.10. The van der Waals surface area contributed by atoms with Crippen molar-refractivity contribution in [2.75, 3.05) is 5.73 Å². The summed E-state index contributed by atoms with van der Waals surface area (Å²) in [5, 5.41) is 0. The van der Waals surface area contributed by atoms with Crippen LogP contribution in [0.1, 0.15) is 5.56 Å². The summed E-state index contributed by atoms with van der Waals surface area (Å²) in [6.07, 6.45) is 0. The van der Waals surface area contributed by atoms with Gasteiger partial charge in [-0.25, -0.2) is 12.8 Å². The molecule has 0 atom stereocenters. The van der Waals surface area contributed by atoms with Crippen LogP contribution in [0.4, 0.5) is 10.1 Å². The number of nitrogens with two attached hydrogens (primary N) is 1. The van der Waals surface area contributed by atoms with Crippen LogP contribution in [0.15, 0.2) is 51.8 Å². The minimum Gasteiger partial charge on any atom is -0.398 e. The molecule has 0 saturated carbocycles. The molecule has 3 nitrogen and oxygen atoms in total. The van der Waals surface area contributed by atoms with E-state index in [1.165, 1.54) is 18.2 Å². The standard InChI is InChI=1S/C13H11BrFNO2S/c14-10-6-5-9(7-12(10)16)8-19(17,18)13-4-2-1-3-11(13)15/h1-7H,8,16H2. The van der Waals surface area contributed by atoms with Gasteiger partial charge in [0.1, 0.15) is 10.7 Å². The van der Waals surface area contributed by atoms with Gasteiger partial charge in [0.15, 0.2) is 9.84 Å². The first-order valence-corrected chi connectivity index (χ1v) is 7.86. The first kappa shape index (κ1) is 14.0. The summed E-state index contributed by atoms with van der Waals surface area (Å²) in [7, 11) is -3.72. The van der Waals surface area contributed by atoms with Crippen LogP contribution in [0.2, 0.25) is 0 Å². The Hall–Kier alpha value is -1.40. The number of nitrogen functional groups attached to an aromatic ring is 1. The first-order valence-electron chi connectivity index (χ1n) is 5.41. The third-order valence-electron chi connectivity index (χ3n) is 2.59. The second kappa shape index (κ2) is 5.30. The minimum atomic E-state index is -3.72. The van der Waals surface area contributed by atoms with Gasteiger partial charge in [0.05, 0.1) is 5.75 Å². The molecule has 2 N–H and O–H groups in total. The summed E-state index contributed by atoms with van der Waals surface area (Å²) in [5.74, 6) is -1.03. The number of hydrogen-bond acceptors (Lipinski definition) is 3. The molecular formula is C13H11BrFNO2S. The van der Waals surface area contributed by atoms with Crippen molar-refractivity contribution >= 4 is 31.5 Å². The molecule has 2 aromatic carbocycles. The lowest BCUT2D eigenvalue weighted by molar-refractivity contribution is 0.566. The van der Waals surface area contributed by atoms with Gasteiger partial charge in [-0.05, 0) is 45.8 Å². The highest BCUT2D eigenvalue weighted by Crippen LogP contribution is 2.24. The average molecular weight is 344 g/mol.